The van der Waals surface area contributed by atoms with Crippen LogP contribution in [0.25, 0.3) is 5.57 Å². The van der Waals surface area contributed by atoms with Crippen LogP contribution in [0.1, 0.15) is 36.3 Å². The molecule has 114 valence electrons. The summed E-state index contributed by atoms with van der Waals surface area (Å²) in [6, 6.07) is 8.31. The lowest BCUT2D eigenvalue weighted by molar-refractivity contribution is -0.143. The first-order chi connectivity index (χ1) is 10.4. The molecule has 0 N–H and O–H groups in total. The number of benzene rings is 1. The van der Waals surface area contributed by atoms with Gasteiger partial charge in [0.25, 0.3) is 0 Å². The summed E-state index contributed by atoms with van der Waals surface area (Å²) in [7, 11) is 0. The summed E-state index contributed by atoms with van der Waals surface area (Å²) in [5, 5.41) is 2.05. The van der Waals surface area contributed by atoms with Gasteiger partial charge in [-0.15, -0.1) is 11.3 Å². The predicted octanol–water partition coefficient (Wildman–Crippen LogP) is 4.72. The molecular weight excluding hydrogens is 299 g/mol. The molecule has 0 unspecified atom stereocenters. The standard InChI is InChI=1S/C18H17FO2S/c1-11-8-15(22-10-11)16(12-4-6-13(19)7-5-12)14-9-18(2,3)21-17(14)20/h4-8,10H,9H2,1-3H3. The third kappa shape index (κ3) is 2.83. The number of rotatable bonds is 2. The van der Waals surface area contributed by atoms with Crippen LogP contribution in [0, 0.1) is 12.7 Å². The molecule has 0 spiro atoms. The van der Waals surface area contributed by atoms with Gasteiger partial charge in [0.1, 0.15) is 11.4 Å². The van der Waals surface area contributed by atoms with Crippen LogP contribution in [-0.2, 0) is 9.53 Å². The molecule has 1 aromatic carbocycles. The molecule has 3 rings (SSSR count). The van der Waals surface area contributed by atoms with E-state index in [4.69, 9.17) is 4.74 Å². The first kappa shape index (κ1) is 15.0. The van der Waals surface area contributed by atoms with Crippen LogP contribution in [0.4, 0.5) is 4.39 Å². The molecule has 0 amide bonds. The van der Waals surface area contributed by atoms with Gasteiger partial charge in [0.15, 0.2) is 0 Å². The van der Waals surface area contributed by atoms with Crippen molar-refractivity contribution in [1.82, 2.24) is 0 Å². The maximum Gasteiger partial charge on any atom is 0.335 e. The first-order valence-corrected chi connectivity index (χ1v) is 8.02. The molecule has 0 radical (unpaired) electrons. The Morgan fingerprint density at radius 3 is 2.45 bits per heavy atom. The lowest BCUT2D eigenvalue weighted by Gasteiger charge is -2.14. The predicted molar refractivity (Wildman–Crippen MR) is 86.3 cm³/mol. The van der Waals surface area contributed by atoms with E-state index in [0.717, 1.165) is 21.6 Å². The minimum absolute atomic E-state index is 0.282. The molecule has 2 heterocycles. The molecule has 0 bridgehead atoms. The van der Waals surface area contributed by atoms with Crippen molar-refractivity contribution in [2.45, 2.75) is 32.8 Å². The fourth-order valence-corrected chi connectivity index (χ4v) is 3.67. The fraction of sp³-hybridized carbons (Fsp3) is 0.278. The maximum atomic E-state index is 13.2. The second kappa shape index (κ2) is 5.36. The van der Waals surface area contributed by atoms with Crippen molar-refractivity contribution in [1.29, 1.82) is 0 Å². The summed E-state index contributed by atoms with van der Waals surface area (Å²) in [5.41, 5.74) is 3.01. The molecule has 1 saturated heterocycles. The molecule has 0 atom stereocenters. The van der Waals surface area contributed by atoms with Crippen LogP contribution in [0.5, 0.6) is 0 Å². The quantitative estimate of drug-likeness (QED) is 0.592. The van der Waals surface area contributed by atoms with Crippen LogP contribution in [0.2, 0.25) is 0 Å². The van der Waals surface area contributed by atoms with E-state index in [-0.39, 0.29) is 11.8 Å². The SMILES string of the molecule is Cc1csc(C(=C2CC(C)(C)OC2=O)c2ccc(F)cc2)c1. The Hall–Kier alpha value is -1.94. The van der Waals surface area contributed by atoms with Gasteiger partial charge in [0, 0.05) is 16.9 Å². The smallest absolute Gasteiger partial charge is 0.335 e. The summed E-state index contributed by atoms with van der Waals surface area (Å²) >= 11 is 1.59. The van der Waals surface area contributed by atoms with Crippen molar-refractivity contribution in [2.75, 3.05) is 0 Å². The van der Waals surface area contributed by atoms with Crippen molar-refractivity contribution in [2.24, 2.45) is 0 Å². The Kier molecular flexibility index (Phi) is 3.65. The molecule has 2 aromatic rings. The van der Waals surface area contributed by atoms with Crippen molar-refractivity contribution in [3.8, 4) is 0 Å². The van der Waals surface area contributed by atoms with Crippen molar-refractivity contribution < 1.29 is 13.9 Å². The Morgan fingerprint density at radius 1 is 1.27 bits per heavy atom. The van der Waals surface area contributed by atoms with Gasteiger partial charge < -0.3 is 4.74 Å². The zero-order chi connectivity index (χ0) is 15.9. The molecule has 0 saturated carbocycles. The lowest BCUT2D eigenvalue weighted by atomic mass is 9.93. The molecular formula is C18H17FO2S. The van der Waals surface area contributed by atoms with Crippen LogP contribution in [0.15, 0.2) is 41.3 Å². The zero-order valence-corrected chi connectivity index (χ0v) is 13.6. The van der Waals surface area contributed by atoms with E-state index in [1.807, 2.05) is 26.2 Å². The van der Waals surface area contributed by atoms with Gasteiger partial charge in [-0.05, 0) is 55.5 Å². The average Bonchev–Trinajstić information content (AvgIpc) is 2.96. The highest BCUT2D eigenvalue weighted by atomic mass is 32.1. The average molecular weight is 316 g/mol. The highest BCUT2D eigenvalue weighted by Crippen LogP contribution is 2.39. The minimum Gasteiger partial charge on any atom is -0.456 e. The third-order valence-corrected chi connectivity index (χ3v) is 4.70. The van der Waals surface area contributed by atoms with Crippen molar-refractivity contribution in [3.05, 3.63) is 63.1 Å². The highest BCUT2D eigenvalue weighted by molar-refractivity contribution is 7.11. The van der Waals surface area contributed by atoms with Crippen LogP contribution in [0.3, 0.4) is 0 Å². The second-order valence-electron chi connectivity index (χ2n) is 6.17. The summed E-state index contributed by atoms with van der Waals surface area (Å²) in [6.45, 7) is 5.82. The van der Waals surface area contributed by atoms with Gasteiger partial charge in [0.2, 0.25) is 0 Å². The minimum atomic E-state index is -0.496. The zero-order valence-electron chi connectivity index (χ0n) is 12.8. The summed E-state index contributed by atoms with van der Waals surface area (Å²) in [5.74, 6) is -0.569. The summed E-state index contributed by atoms with van der Waals surface area (Å²) in [6.07, 6.45) is 0.551. The number of hydrogen-bond donors (Lipinski definition) is 0. The lowest BCUT2D eigenvalue weighted by Crippen LogP contribution is -2.17. The number of hydrogen-bond acceptors (Lipinski definition) is 3. The number of carbonyl (C=O) groups excluding carboxylic acids is 1. The van der Waals surface area contributed by atoms with Gasteiger partial charge in [-0.3, -0.25) is 0 Å². The fourth-order valence-electron chi connectivity index (χ4n) is 2.68. The van der Waals surface area contributed by atoms with Gasteiger partial charge in [-0.2, -0.15) is 0 Å². The molecule has 1 fully saturated rings. The van der Waals surface area contributed by atoms with E-state index >= 15 is 0 Å². The number of cyclic esters (lactones) is 1. The highest BCUT2D eigenvalue weighted by Gasteiger charge is 2.38. The molecule has 1 aromatic heterocycles. The third-order valence-electron chi connectivity index (χ3n) is 3.63. The Labute approximate surface area is 133 Å². The largest absolute Gasteiger partial charge is 0.456 e. The Balaban J connectivity index is 2.20. The topological polar surface area (TPSA) is 26.3 Å². The van der Waals surface area contributed by atoms with E-state index in [1.54, 1.807) is 23.5 Å². The molecule has 2 nitrogen and oxygen atoms in total. The number of halogens is 1. The summed E-state index contributed by atoms with van der Waals surface area (Å²) in [4.78, 5) is 13.3. The van der Waals surface area contributed by atoms with Crippen molar-refractivity contribution >= 4 is 22.9 Å². The molecule has 0 aliphatic carbocycles. The number of esters is 1. The van der Waals surface area contributed by atoms with Gasteiger partial charge in [-0.25, -0.2) is 9.18 Å². The van der Waals surface area contributed by atoms with E-state index in [9.17, 15) is 9.18 Å². The second-order valence-corrected chi connectivity index (χ2v) is 7.09. The maximum absolute atomic E-state index is 13.2. The van der Waals surface area contributed by atoms with E-state index in [2.05, 4.69) is 6.07 Å². The number of ether oxygens (including phenoxy) is 1. The molecule has 4 heteroatoms. The van der Waals surface area contributed by atoms with Gasteiger partial charge in [0.05, 0.1) is 5.57 Å². The Bertz CT molecular complexity index is 754. The summed E-state index contributed by atoms with van der Waals surface area (Å²) < 4.78 is 18.7. The molecule has 1 aliphatic rings. The number of thiophene rings is 1. The van der Waals surface area contributed by atoms with E-state index in [0.29, 0.717) is 12.0 Å². The van der Waals surface area contributed by atoms with Crippen LogP contribution >= 0.6 is 11.3 Å². The first-order valence-electron chi connectivity index (χ1n) is 7.14. The van der Waals surface area contributed by atoms with E-state index in [1.165, 1.54) is 12.1 Å². The van der Waals surface area contributed by atoms with Crippen molar-refractivity contribution in [3.63, 3.8) is 0 Å². The monoisotopic (exact) mass is 316 g/mol. The Morgan fingerprint density at radius 2 is 1.95 bits per heavy atom. The van der Waals surface area contributed by atoms with Crippen LogP contribution < -0.4 is 0 Å². The van der Waals surface area contributed by atoms with E-state index < -0.39 is 5.60 Å². The number of aryl methyl sites for hydroxylation is 1. The normalized spacial score (nSPS) is 19.2. The van der Waals surface area contributed by atoms with Gasteiger partial charge >= 0.3 is 5.97 Å². The number of carbonyl (C=O) groups is 1. The molecule has 22 heavy (non-hydrogen) atoms. The van der Waals surface area contributed by atoms with Gasteiger partial charge in [-0.1, -0.05) is 12.1 Å². The molecule has 1 aliphatic heterocycles. The van der Waals surface area contributed by atoms with Crippen LogP contribution in [-0.4, -0.2) is 11.6 Å².